The molecule has 0 saturated carbocycles. The first kappa shape index (κ1) is 15.5. The van der Waals surface area contributed by atoms with E-state index in [1.165, 1.54) is 9.75 Å². The summed E-state index contributed by atoms with van der Waals surface area (Å²) in [5.74, 6) is -0.0212. The van der Waals surface area contributed by atoms with Gasteiger partial charge in [0.1, 0.15) is 0 Å². The number of hydrogen-bond acceptors (Lipinski definition) is 2. The molecule has 0 bridgehead atoms. The molecule has 1 aromatic heterocycles. The number of halogens is 2. The Morgan fingerprint density at radius 3 is 2.60 bits per heavy atom. The van der Waals surface area contributed by atoms with Crippen molar-refractivity contribution in [2.75, 3.05) is 7.05 Å². The van der Waals surface area contributed by atoms with Gasteiger partial charge in [-0.25, -0.2) is 0 Å². The summed E-state index contributed by atoms with van der Waals surface area (Å²) < 4.78 is 0.719. The van der Waals surface area contributed by atoms with Crippen molar-refractivity contribution in [1.29, 1.82) is 0 Å². The van der Waals surface area contributed by atoms with Gasteiger partial charge in [-0.3, -0.25) is 4.79 Å². The SMILES string of the molecule is Cc1ccc(C(C)N(C)C(=O)c2ccc(Cl)cc2Br)s1. The van der Waals surface area contributed by atoms with Gasteiger partial charge in [-0.05, 0) is 60.1 Å². The molecule has 1 heterocycles. The van der Waals surface area contributed by atoms with Crippen molar-refractivity contribution in [1.82, 2.24) is 4.90 Å². The van der Waals surface area contributed by atoms with E-state index in [9.17, 15) is 4.79 Å². The molecule has 0 N–H and O–H groups in total. The molecule has 2 rings (SSSR count). The van der Waals surface area contributed by atoms with E-state index in [2.05, 4.69) is 35.0 Å². The summed E-state index contributed by atoms with van der Waals surface area (Å²) >= 11 is 11.0. The van der Waals surface area contributed by atoms with E-state index in [0.29, 0.717) is 10.6 Å². The first-order valence-corrected chi connectivity index (χ1v) is 8.17. The molecule has 2 aromatic rings. The second-order valence-corrected chi connectivity index (χ2v) is 7.27. The fourth-order valence-electron chi connectivity index (χ4n) is 1.90. The highest BCUT2D eigenvalue weighted by Crippen LogP contribution is 2.29. The highest BCUT2D eigenvalue weighted by atomic mass is 79.9. The topological polar surface area (TPSA) is 20.3 Å². The third-order valence-corrected chi connectivity index (χ3v) is 5.30. The van der Waals surface area contributed by atoms with Gasteiger partial charge in [0.05, 0.1) is 11.6 Å². The highest BCUT2D eigenvalue weighted by Gasteiger charge is 2.21. The lowest BCUT2D eigenvalue weighted by molar-refractivity contribution is 0.0744. The van der Waals surface area contributed by atoms with Crippen molar-refractivity contribution in [2.24, 2.45) is 0 Å². The molecule has 0 radical (unpaired) electrons. The minimum absolute atomic E-state index is 0.0212. The predicted octanol–water partition coefficient (Wildman–Crippen LogP) is 5.31. The van der Waals surface area contributed by atoms with Gasteiger partial charge in [0, 0.05) is 26.3 Å². The van der Waals surface area contributed by atoms with Crippen LogP contribution in [0.5, 0.6) is 0 Å². The largest absolute Gasteiger partial charge is 0.334 e. The predicted molar refractivity (Wildman–Crippen MR) is 88.7 cm³/mol. The van der Waals surface area contributed by atoms with Crippen LogP contribution in [-0.2, 0) is 0 Å². The molecule has 20 heavy (non-hydrogen) atoms. The van der Waals surface area contributed by atoms with Gasteiger partial charge in [0.25, 0.3) is 5.91 Å². The lowest BCUT2D eigenvalue weighted by Gasteiger charge is -2.24. The number of carbonyl (C=O) groups excluding carboxylic acids is 1. The maximum atomic E-state index is 12.6. The number of rotatable bonds is 3. The van der Waals surface area contributed by atoms with Crippen LogP contribution in [0.25, 0.3) is 0 Å². The van der Waals surface area contributed by atoms with Crippen LogP contribution in [0.2, 0.25) is 5.02 Å². The lowest BCUT2D eigenvalue weighted by Crippen LogP contribution is -2.29. The highest BCUT2D eigenvalue weighted by molar-refractivity contribution is 9.10. The third kappa shape index (κ3) is 3.25. The van der Waals surface area contributed by atoms with Crippen LogP contribution in [0.3, 0.4) is 0 Å². The zero-order valence-corrected chi connectivity index (χ0v) is 14.6. The molecule has 0 saturated heterocycles. The second-order valence-electron chi connectivity index (χ2n) is 4.66. The van der Waals surface area contributed by atoms with Gasteiger partial charge in [-0.1, -0.05) is 11.6 Å². The average Bonchev–Trinajstić information content (AvgIpc) is 2.83. The van der Waals surface area contributed by atoms with Gasteiger partial charge in [0.15, 0.2) is 0 Å². The third-order valence-electron chi connectivity index (χ3n) is 3.24. The van der Waals surface area contributed by atoms with Crippen LogP contribution < -0.4 is 0 Å². The Morgan fingerprint density at radius 2 is 2.05 bits per heavy atom. The van der Waals surface area contributed by atoms with Crippen molar-refractivity contribution in [3.8, 4) is 0 Å². The normalized spacial score (nSPS) is 12.2. The fourth-order valence-corrected chi connectivity index (χ4v) is 3.72. The number of nitrogens with zero attached hydrogens (tertiary/aromatic N) is 1. The summed E-state index contributed by atoms with van der Waals surface area (Å²) in [4.78, 5) is 16.7. The van der Waals surface area contributed by atoms with Crippen LogP contribution in [0, 0.1) is 6.92 Å². The monoisotopic (exact) mass is 371 g/mol. The Kier molecular flexibility index (Phi) is 4.89. The van der Waals surface area contributed by atoms with E-state index in [1.807, 2.05) is 14.0 Å². The summed E-state index contributed by atoms with van der Waals surface area (Å²) in [5.41, 5.74) is 0.622. The van der Waals surface area contributed by atoms with Crippen molar-refractivity contribution < 1.29 is 4.79 Å². The maximum absolute atomic E-state index is 12.6. The van der Waals surface area contributed by atoms with Crippen molar-refractivity contribution in [3.05, 3.63) is 55.1 Å². The smallest absolute Gasteiger partial charge is 0.255 e. The molecular weight excluding hydrogens is 358 g/mol. The zero-order valence-electron chi connectivity index (χ0n) is 11.5. The lowest BCUT2D eigenvalue weighted by atomic mass is 10.1. The molecule has 0 aliphatic rings. The van der Waals surface area contributed by atoms with E-state index >= 15 is 0 Å². The van der Waals surface area contributed by atoms with Crippen LogP contribution in [0.15, 0.2) is 34.8 Å². The summed E-state index contributed by atoms with van der Waals surface area (Å²) in [7, 11) is 1.82. The number of thiophene rings is 1. The molecule has 0 aliphatic carbocycles. The van der Waals surface area contributed by atoms with E-state index in [-0.39, 0.29) is 11.9 Å². The quantitative estimate of drug-likeness (QED) is 0.715. The molecule has 0 fully saturated rings. The van der Waals surface area contributed by atoms with Crippen molar-refractivity contribution >= 4 is 44.8 Å². The van der Waals surface area contributed by atoms with Crippen LogP contribution in [0.1, 0.15) is 33.1 Å². The standard InChI is InChI=1S/C15H15BrClNOS/c1-9-4-7-14(20-9)10(2)18(3)15(19)12-6-5-11(17)8-13(12)16/h4-8,10H,1-3H3. The zero-order chi connectivity index (χ0) is 14.9. The first-order valence-electron chi connectivity index (χ1n) is 6.18. The summed E-state index contributed by atoms with van der Waals surface area (Å²) in [6.07, 6.45) is 0. The number of hydrogen-bond donors (Lipinski definition) is 0. The Labute approximate surface area is 136 Å². The first-order chi connectivity index (χ1) is 9.40. The van der Waals surface area contributed by atoms with Crippen LogP contribution in [0.4, 0.5) is 0 Å². The Bertz CT molecular complexity index is 641. The average molecular weight is 373 g/mol. The van der Waals surface area contributed by atoms with Crippen LogP contribution >= 0.6 is 38.9 Å². The number of carbonyl (C=O) groups is 1. The Balaban J connectivity index is 2.24. The molecule has 106 valence electrons. The maximum Gasteiger partial charge on any atom is 0.255 e. The van der Waals surface area contributed by atoms with E-state index in [1.54, 1.807) is 34.4 Å². The molecule has 2 nitrogen and oxygen atoms in total. The molecule has 5 heteroatoms. The Hall–Kier alpha value is -0.840. The summed E-state index contributed by atoms with van der Waals surface area (Å²) in [5, 5.41) is 0.609. The molecule has 1 unspecified atom stereocenters. The molecular formula is C15H15BrClNOS. The van der Waals surface area contributed by atoms with Crippen LogP contribution in [-0.4, -0.2) is 17.9 Å². The van der Waals surface area contributed by atoms with E-state index in [0.717, 1.165) is 4.47 Å². The van der Waals surface area contributed by atoms with Gasteiger partial charge in [0.2, 0.25) is 0 Å². The van der Waals surface area contributed by atoms with Gasteiger partial charge in [-0.15, -0.1) is 11.3 Å². The Morgan fingerprint density at radius 1 is 1.35 bits per heavy atom. The molecule has 0 aliphatic heterocycles. The second kappa shape index (κ2) is 6.29. The number of benzene rings is 1. The molecule has 1 amide bonds. The van der Waals surface area contributed by atoms with E-state index < -0.39 is 0 Å². The fraction of sp³-hybridized carbons (Fsp3) is 0.267. The van der Waals surface area contributed by atoms with Crippen molar-refractivity contribution in [3.63, 3.8) is 0 Å². The van der Waals surface area contributed by atoms with E-state index in [4.69, 9.17) is 11.6 Å². The number of amides is 1. The summed E-state index contributed by atoms with van der Waals surface area (Å²) in [6, 6.07) is 9.41. The summed E-state index contributed by atoms with van der Waals surface area (Å²) in [6.45, 7) is 4.10. The van der Waals surface area contributed by atoms with Crippen molar-refractivity contribution in [2.45, 2.75) is 19.9 Å². The van der Waals surface area contributed by atoms with Gasteiger partial charge < -0.3 is 4.90 Å². The minimum atomic E-state index is -0.0212. The minimum Gasteiger partial charge on any atom is -0.334 e. The molecule has 1 aromatic carbocycles. The van der Waals surface area contributed by atoms with Gasteiger partial charge in [-0.2, -0.15) is 0 Å². The molecule has 1 atom stereocenters. The molecule has 0 spiro atoms. The van der Waals surface area contributed by atoms with Gasteiger partial charge >= 0.3 is 0 Å². The number of aryl methyl sites for hydroxylation is 1.